The number of aromatic carboxylic acids is 1. The minimum absolute atomic E-state index is 0.0855. The van der Waals surface area contributed by atoms with Gasteiger partial charge in [-0.05, 0) is 19.1 Å². The topological polar surface area (TPSA) is 97.1 Å². The van der Waals surface area contributed by atoms with Crippen molar-refractivity contribution in [3.05, 3.63) is 48.3 Å². The number of nitrogens with zero attached hydrogens (tertiary/aromatic N) is 3. The van der Waals surface area contributed by atoms with Gasteiger partial charge in [-0.2, -0.15) is 0 Å². The molecule has 0 fully saturated rings. The summed E-state index contributed by atoms with van der Waals surface area (Å²) in [5, 5.41) is 11.6. The second-order valence-corrected chi connectivity index (χ2v) is 4.35. The minimum Gasteiger partial charge on any atom is -0.477 e. The van der Waals surface area contributed by atoms with Crippen LogP contribution in [0.25, 0.3) is 0 Å². The van der Waals surface area contributed by atoms with Gasteiger partial charge in [-0.15, -0.1) is 0 Å². The molecule has 2 N–H and O–H groups in total. The Kier molecular flexibility index (Phi) is 4.09. The average molecular weight is 274 g/mol. The molecule has 0 saturated carbocycles. The summed E-state index contributed by atoms with van der Waals surface area (Å²) < 4.78 is 1.84. The molecular formula is C13H14N4O3. The van der Waals surface area contributed by atoms with E-state index < -0.39 is 11.9 Å². The van der Waals surface area contributed by atoms with Gasteiger partial charge in [0.15, 0.2) is 0 Å². The fourth-order valence-electron chi connectivity index (χ4n) is 1.73. The SMILES string of the molecule is CC(Cn1ccnc1)NC(=O)c1cccc(C(=O)O)n1. The van der Waals surface area contributed by atoms with E-state index in [0.717, 1.165) is 0 Å². The highest BCUT2D eigenvalue weighted by molar-refractivity contribution is 5.94. The summed E-state index contributed by atoms with van der Waals surface area (Å²) in [7, 11) is 0. The van der Waals surface area contributed by atoms with Crippen LogP contribution >= 0.6 is 0 Å². The molecule has 0 saturated heterocycles. The quantitative estimate of drug-likeness (QED) is 0.840. The molecule has 7 nitrogen and oxygen atoms in total. The summed E-state index contributed by atoms with van der Waals surface area (Å²) in [5.74, 6) is -1.56. The van der Waals surface area contributed by atoms with E-state index in [9.17, 15) is 9.59 Å². The van der Waals surface area contributed by atoms with E-state index in [2.05, 4.69) is 15.3 Å². The third-order valence-electron chi connectivity index (χ3n) is 2.62. The summed E-state index contributed by atoms with van der Waals surface area (Å²) in [5.41, 5.74) is -0.0673. The lowest BCUT2D eigenvalue weighted by Crippen LogP contribution is -2.36. The standard InChI is InChI=1S/C13H14N4O3/c1-9(7-17-6-5-14-8-17)15-12(18)10-3-2-4-11(16-10)13(19)20/h2-6,8-9H,7H2,1H3,(H,15,18)(H,19,20). The molecule has 2 rings (SSSR count). The van der Waals surface area contributed by atoms with Crippen molar-refractivity contribution >= 4 is 11.9 Å². The van der Waals surface area contributed by atoms with Crippen LogP contribution < -0.4 is 5.32 Å². The molecule has 0 aliphatic heterocycles. The third-order valence-corrected chi connectivity index (χ3v) is 2.62. The number of carbonyl (C=O) groups is 2. The van der Waals surface area contributed by atoms with Gasteiger partial charge in [0, 0.05) is 25.0 Å². The van der Waals surface area contributed by atoms with Crippen LogP contribution in [0.4, 0.5) is 0 Å². The van der Waals surface area contributed by atoms with E-state index >= 15 is 0 Å². The number of hydrogen-bond acceptors (Lipinski definition) is 4. The molecule has 1 unspecified atom stereocenters. The Morgan fingerprint density at radius 2 is 2.15 bits per heavy atom. The van der Waals surface area contributed by atoms with Crippen LogP contribution in [-0.2, 0) is 6.54 Å². The lowest BCUT2D eigenvalue weighted by Gasteiger charge is -2.14. The fraction of sp³-hybridized carbons (Fsp3) is 0.231. The Morgan fingerprint density at radius 3 is 2.80 bits per heavy atom. The second kappa shape index (κ2) is 5.96. The monoisotopic (exact) mass is 274 g/mol. The molecule has 1 atom stereocenters. The summed E-state index contributed by atoms with van der Waals surface area (Å²) in [4.78, 5) is 30.5. The van der Waals surface area contributed by atoms with Crippen LogP contribution in [0.5, 0.6) is 0 Å². The molecule has 1 amide bonds. The number of carbonyl (C=O) groups excluding carboxylic acids is 1. The molecule has 7 heteroatoms. The molecule has 104 valence electrons. The molecule has 20 heavy (non-hydrogen) atoms. The number of pyridine rings is 1. The van der Waals surface area contributed by atoms with Gasteiger partial charge in [0.05, 0.1) is 6.33 Å². The Balaban J connectivity index is 2.00. The highest BCUT2D eigenvalue weighted by Crippen LogP contribution is 2.01. The average Bonchev–Trinajstić information content (AvgIpc) is 2.91. The minimum atomic E-state index is -1.16. The number of carboxylic acid groups (broad SMARTS) is 1. The largest absolute Gasteiger partial charge is 0.477 e. The van der Waals surface area contributed by atoms with Crippen LogP contribution in [0.3, 0.4) is 0 Å². The van der Waals surface area contributed by atoms with E-state index in [4.69, 9.17) is 5.11 Å². The zero-order chi connectivity index (χ0) is 14.5. The van der Waals surface area contributed by atoms with Gasteiger partial charge in [0.1, 0.15) is 11.4 Å². The molecule has 0 radical (unpaired) electrons. The van der Waals surface area contributed by atoms with Crippen LogP contribution in [0, 0.1) is 0 Å². The lowest BCUT2D eigenvalue weighted by molar-refractivity contribution is 0.0690. The maximum absolute atomic E-state index is 12.0. The van der Waals surface area contributed by atoms with E-state index in [-0.39, 0.29) is 17.4 Å². The summed E-state index contributed by atoms with van der Waals surface area (Å²) >= 11 is 0. The number of aromatic nitrogens is 3. The van der Waals surface area contributed by atoms with Gasteiger partial charge in [0.2, 0.25) is 0 Å². The Hall–Kier alpha value is -2.70. The zero-order valence-corrected chi connectivity index (χ0v) is 10.9. The predicted octanol–water partition coefficient (Wildman–Crippen LogP) is 0.795. The van der Waals surface area contributed by atoms with E-state index in [0.29, 0.717) is 6.54 Å². The second-order valence-electron chi connectivity index (χ2n) is 4.35. The summed E-state index contributed by atoms with van der Waals surface area (Å²) in [6.45, 7) is 2.42. The van der Waals surface area contributed by atoms with Crippen molar-refractivity contribution in [2.45, 2.75) is 19.5 Å². The number of hydrogen-bond donors (Lipinski definition) is 2. The first-order valence-electron chi connectivity index (χ1n) is 6.03. The van der Waals surface area contributed by atoms with Crippen molar-refractivity contribution in [2.24, 2.45) is 0 Å². The number of nitrogens with one attached hydrogen (secondary N) is 1. The Labute approximate surface area is 115 Å². The number of rotatable bonds is 5. The normalized spacial score (nSPS) is 11.8. The van der Waals surface area contributed by atoms with Crippen molar-refractivity contribution in [3.63, 3.8) is 0 Å². The van der Waals surface area contributed by atoms with Crippen molar-refractivity contribution in [2.75, 3.05) is 0 Å². The van der Waals surface area contributed by atoms with Crippen LogP contribution in [0.15, 0.2) is 36.9 Å². The van der Waals surface area contributed by atoms with Crippen molar-refractivity contribution in [3.8, 4) is 0 Å². The van der Waals surface area contributed by atoms with Crippen molar-refractivity contribution < 1.29 is 14.7 Å². The number of amides is 1. The smallest absolute Gasteiger partial charge is 0.354 e. The highest BCUT2D eigenvalue weighted by atomic mass is 16.4. The van der Waals surface area contributed by atoms with E-state index in [1.165, 1.54) is 18.2 Å². The van der Waals surface area contributed by atoms with Gasteiger partial charge in [-0.3, -0.25) is 4.79 Å². The molecule has 2 heterocycles. The molecule has 0 aliphatic carbocycles. The predicted molar refractivity (Wildman–Crippen MR) is 70.4 cm³/mol. The summed E-state index contributed by atoms with van der Waals surface area (Å²) in [6, 6.07) is 4.18. The van der Waals surface area contributed by atoms with E-state index in [1.807, 2.05) is 11.5 Å². The molecule has 2 aromatic heterocycles. The molecule has 0 aliphatic rings. The zero-order valence-electron chi connectivity index (χ0n) is 10.9. The van der Waals surface area contributed by atoms with Crippen LogP contribution in [0.1, 0.15) is 27.9 Å². The van der Waals surface area contributed by atoms with Crippen LogP contribution in [0.2, 0.25) is 0 Å². The molecule has 0 aromatic carbocycles. The maximum Gasteiger partial charge on any atom is 0.354 e. The molecular weight excluding hydrogens is 260 g/mol. The number of carboxylic acids is 1. The number of imidazole rings is 1. The summed E-state index contributed by atoms with van der Waals surface area (Å²) in [6.07, 6.45) is 5.12. The first kappa shape index (κ1) is 13.7. The Morgan fingerprint density at radius 1 is 1.40 bits per heavy atom. The van der Waals surface area contributed by atoms with Crippen molar-refractivity contribution in [1.82, 2.24) is 19.9 Å². The fourth-order valence-corrected chi connectivity index (χ4v) is 1.73. The lowest BCUT2D eigenvalue weighted by atomic mass is 10.2. The highest BCUT2D eigenvalue weighted by Gasteiger charge is 2.13. The van der Waals surface area contributed by atoms with Gasteiger partial charge >= 0.3 is 5.97 Å². The van der Waals surface area contributed by atoms with Gasteiger partial charge in [0.25, 0.3) is 5.91 Å². The first-order chi connectivity index (χ1) is 9.56. The van der Waals surface area contributed by atoms with Crippen LogP contribution in [-0.4, -0.2) is 37.6 Å². The third kappa shape index (κ3) is 3.41. The molecule has 0 bridgehead atoms. The van der Waals surface area contributed by atoms with Crippen molar-refractivity contribution in [1.29, 1.82) is 0 Å². The maximum atomic E-state index is 12.0. The van der Waals surface area contributed by atoms with Gasteiger partial charge in [-0.25, -0.2) is 14.8 Å². The Bertz CT molecular complexity index is 610. The van der Waals surface area contributed by atoms with Gasteiger partial charge < -0.3 is 15.0 Å². The molecule has 2 aromatic rings. The van der Waals surface area contributed by atoms with E-state index in [1.54, 1.807) is 18.7 Å². The molecule has 0 spiro atoms. The van der Waals surface area contributed by atoms with Gasteiger partial charge in [-0.1, -0.05) is 6.07 Å². The first-order valence-corrected chi connectivity index (χ1v) is 6.03.